The monoisotopic (exact) mass is 547 g/mol. The maximum absolute atomic E-state index is 14.4. The van der Waals surface area contributed by atoms with Crippen molar-refractivity contribution in [2.75, 3.05) is 0 Å². The van der Waals surface area contributed by atoms with E-state index in [4.69, 9.17) is 4.74 Å². The van der Waals surface area contributed by atoms with E-state index < -0.39 is 23.8 Å². The number of hydrogen-bond donors (Lipinski definition) is 2. The molecule has 0 radical (unpaired) electrons. The van der Waals surface area contributed by atoms with E-state index in [1.807, 2.05) is 54.6 Å². The zero-order chi connectivity index (χ0) is 28.7. The molecule has 216 valence electrons. The Bertz CT molecular complexity index is 1130. The molecule has 2 aromatic carbocycles. The summed E-state index contributed by atoms with van der Waals surface area (Å²) >= 11 is 0. The quantitative estimate of drug-likeness (QED) is 0.390. The molecule has 4 rings (SSSR count). The number of rotatable bonds is 10. The number of nitrogens with zero attached hydrogens (tertiary/aromatic N) is 1. The molecule has 2 N–H and O–H groups in total. The van der Waals surface area contributed by atoms with E-state index in [-0.39, 0.29) is 23.9 Å². The fraction of sp³-hybridized carbons (Fsp3) is 0.545. The molecule has 2 fully saturated rings. The number of carbonyl (C=O) groups excluding carboxylic acids is 3. The fourth-order valence-electron chi connectivity index (χ4n) is 5.45. The second-order valence-electron chi connectivity index (χ2n) is 12.2. The lowest BCUT2D eigenvalue weighted by Crippen LogP contribution is -2.55. The van der Waals surface area contributed by atoms with E-state index >= 15 is 0 Å². The van der Waals surface area contributed by atoms with Gasteiger partial charge >= 0.3 is 6.09 Å². The highest BCUT2D eigenvalue weighted by Crippen LogP contribution is 2.36. The summed E-state index contributed by atoms with van der Waals surface area (Å²) in [6.45, 7) is 7.48. The van der Waals surface area contributed by atoms with Crippen molar-refractivity contribution in [3.63, 3.8) is 0 Å². The van der Waals surface area contributed by atoms with Crippen LogP contribution in [0.3, 0.4) is 0 Å². The van der Waals surface area contributed by atoms with Crippen LogP contribution in [0.5, 0.6) is 0 Å². The average molecular weight is 548 g/mol. The van der Waals surface area contributed by atoms with E-state index in [9.17, 15) is 14.4 Å². The summed E-state index contributed by atoms with van der Waals surface area (Å²) in [6, 6.07) is 16.1. The van der Waals surface area contributed by atoms with E-state index in [1.165, 1.54) is 12.0 Å². The van der Waals surface area contributed by atoms with Crippen LogP contribution >= 0.6 is 0 Å². The number of alkyl carbamates (subject to hydrolysis) is 1. The largest absolute Gasteiger partial charge is 0.444 e. The molecule has 2 atom stereocenters. The zero-order valence-electron chi connectivity index (χ0n) is 24.4. The van der Waals surface area contributed by atoms with Gasteiger partial charge in [0.1, 0.15) is 17.7 Å². The van der Waals surface area contributed by atoms with Gasteiger partial charge < -0.3 is 20.3 Å². The molecule has 7 heteroatoms. The number of carbonyl (C=O) groups is 3. The predicted molar refractivity (Wildman–Crippen MR) is 157 cm³/mol. The van der Waals surface area contributed by atoms with Gasteiger partial charge in [-0.05, 0) is 69.6 Å². The Balaban J connectivity index is 1.67. The third-order valence-electron chi connectivity index (χ3n) is 7.65. The molecular weight excluding hydrogens is 502 g/mol. The third-order valence-corrected chi connectivity index (χ3v) is 7.65. The Labute approximate surface area is 239 Å². The van der Waals surface area contributed by atoms with Gasteiger partial charge in [-0.15, -0.1) is 0 Å². The summed E-state index contributed by atoms with van der Waals surface area (Å²) < 4.78 is 5.53. The topological polar surface area (TPSA) is 87.7 Å². The molecule has 2 aliphatic carbocycles. The first kappa shape index (κ1) is 29.6. The first-order valence-corrected chi connectivity index (χ1v) is 14.9. The van der Waals surface area contributed by atoms with Crippen molar-refractivity contribution in [2.24, 2.45) is 0 Å². The standard InChI is InChI=1S/C33H45N3O4/c1-5-23-16-18-25(19-17-23)29(30(37)34-26-14-10-7-11-15-26)36(27-20-21-27)31(38)28(22-24-12-8-6-9-13-24)35-32(39)40-33(2,3)4/h6,8-9,12-13,16-19,26-29H,5,7,10-11,14-15,20-22H2,1-4H3,(H,34,37)(H,35,39). The number of amides is 3. The third kappa shape index (κ3) is 8.33. The summed E-state index contributed by atoms with van der Waals surface area (Å²) in [5.41, 5.74) is 2.18. The van der Waals surface area contributed by atoms with Gasteiger partial charge in [-0.1, -0.05) is 80.8 Å². The molecule has 0 spiro atoms. The SMILES string of the molecule is CCc1ccc(C(C(=O)NC2CCCCC2)N(C(=O)C(Cc2ccccc2)NC(=O)OC(C)(C)C)C2CC2)cc1. The Kier molecular flexibility index (Phi) is 9.88. The van der Waals surface area contributed by atoms with E-state index in [0.29, 0.717) is 6.42 Å². The first-order chi connectivity index (χ1) is 19.1. The lowest BCUT2D eigenvalue weighted by molar-refractivity contribution is -0.143. The second-order valence-corrected chi connectivity index (χ2v) is 12.2. The molecule has 40 heavy (non-hydrogen) atoms. The molecule has 0 aliphatic heterocycles. The molecule has 2 saturated carbocycles. The van der Waals surface area contributed by atoms with Crippen LogP contribution in [0.15, 0.2) is 54.6 Å². The van der Waals surface area contributed by atoms with E-state index in [2.05, 4.69) is 17.6 Å². The summed E-state index contributed by atoms with van der Waals surface area (Å²) in [5, 5.41) is 6.13. The van der Waals surface area contributed by atoms with Gasteiger partial charge in [0.15, 0.2) is 0 Å². The van der Waals surface area contributed by atoms with E-state index in [1.54, 1.807) is 25.7 Å². The number of hydrogen-bond acceptors (Lipinski definition) is 4. The highest BCUT2D eigenvalue weighted by molar-refractivity contribution is 5.93. The number of benzene rings is 2. The maximum atomic E-state index is 14.4. The fourth-order valence-corrected chi connectivity index (χ4v) is 5.45. The normalized spacial score (nSPS) is 17.4. The van der Waals surface area contributed by atoms with Gasteiger partial charge in [-0.25, -0.2) is 4.79 Å². The molecule has 3 amide bonds. The molecule has 2 aliphatic rings. The Morgan fingerprint density at radius 3 is 2.12 bits per heavy atom. The summed E-state index contributed by atoms with van der Waals surface area (Å²) in [6.07, 6.45) is 7.52. The molecule has 2 aromatic rings. The minimum Gasteiger partial charge on any atom is -0.444 e. The van der Waals surface area contributed by atoms with Crippen molar-refractivity contribution in [1.82, 2.24) is 15.5 Å². The molecule has 7 nitrogen and oxygen atoms in total. The number of nitrogens with one attached hydrogen (secondary N) is 2. The van der Waals surface area contributed by atoms with E-state index in [0.717, 1.165) is 56.1 Å². The van der Waals surface area contributed by atoms with Gasteiger partial charge in [-0.3, -0.25) is 9.59 Å². The van der Waals surface area contributed by atoms with Crippen molar-refractivity contribution in [2.45, 2.75) is 115 Å². The first-order valence-electron chi connectivity index (χ1n) is 14.9. The average Bonchev–Trinajstić information content (AvgIpc) is 3.76. The van der Waals surface area contributed by atoms with Crippen LogP contribution in [0.2, 0.25) is 0 Å². The predicted octanol–water partition coefficient (Wildman–Crippen LogP) is 5.87. The Hall–Kier alpha value is -3.35. The van der Waals surface area contributed by atoms with Crippen molar-refractivity contribution in [3.8, 4) is 0 Å². The molecule has 0 heterocycles. The molecule has 0 bridgehead atoms. The van der Waals surface area contributed by atoms with Crippen molar-refractivity contribution >= 4 is 17.9 Å². The van der Waals surface area contributed by atoms with Crippen LogP contribution in [-0.2, 0) is 27.2 Å². The Morgan fingerprint density at radius 1 is 0.900 bits per heavy atom. The van der Waals surface area contributed by atoms with Crippen LogP contribution in [0, 0.1) is 0 Å². The summed E-state index contributed by atoms with van der Waals surface area (Å²) in [4.78, 5) is 43.1. The van der Waals surface area contributed by atoms with Gasteiger partial charge in [0.25, 0.3) is 0 Å². The van der Waals surface area contributed by atoms with Crippen molar-refractivity contribution in [3.05, 3.63) is 71.3 Å². The van der Waals surface area contributed by atoms with Crippen LogP contribution in [0.4, 0.5) is 4.79 Å². The summed E-state index contributed by atoms with van der Waals surface area (Å²) in [7, 11) is 0. The second kappa shape index (κ2) is 13.3. The van der Waals surface area contributed by atoms with Crippen LogP contribution in [0.25, 0.3) is 0 Å². The molecule has 2 unspecified atom stereocenters. The minimum atomic E-state index is -0.877. The molecular formula is C33H45N3O4. The van der Waals surface area contributed by atoms with Crippen LogP contribution in [-0.4, -0.2) is 46.5 Å². The van der Waals surface area contributed by atoms with Gasteiger partial charge in [-0.2, -0.15) is 0 Å². The smallest absolute Gasteiger partial charge is 0.408 e. The highest BCUT2D eigenvalue weighted by Gasteiger charge is 2.44. The molecule has 0 aromatic heterocycles. The zero-order valence-corrected chi connectivity index (χ0v) is 24.4. The van der Waals surface area contributed by atoms with Gasteiger partial charge in [0, 0.05) is 18.5 Å². The lowest BCUT2D eigenvalue weighted by atomic mass is 9.94. The number of aryl methyl sites for hydroxylation is 1. The molecule has 0 saturated heterocycles. The van der Waals surface area contributed by atoms with Crippen LogP contribution in [0.1, 0.15) is 95.4 Å². The van der Waals surface area contributed by atoms with Gasteiger partial charge in [0.2, 0.25) is 11.8 Å². The maximum Gasteiger partial charge on any atom is 0.408 e. The van der Waals surface area contributed by atoms with Crippen molar-refractivity contribution < 1.29 is 19.1 Å². The van der Waals surface area contributed by atoms with Crippen LogP contribution < -0.4 is 10.6 Å². The van der Waals surface area contributed by atoms with Gasteiger partial charge in [0.05, 0.1) is 0 Å². The highest BCUT2D eigenvalue weighted by atomic mass is 16.6. The Morgan fingerprint density at radius 2 is 1.55 bits per heavy atom. The number of ether oxygens (including phenoxy) is 1. The minimum absolute atomic E-state index is 0.0563. The summed E-state index contributed by atoms with van der Waals surface area (Å²) in [5.74, 6) is -0.410. The lowest BCUT2D eigenvalue weighted by Gasteiger charge is -2.36. The van der Waals surface area contributed by atoms with Crippen molar-refractivity contribution in [1.29, 1.82) is 0 Å².